The number of aliphatic hydroxyl groups excluding tert-OH is 1. The molecule has 10 nitrogen and oxygen atoms in total. The van der Waals surface area contributed by atoms with E-state index in [0.29, 0.717) is 12.8 Å². The van der Waals surface area contributed by atoms with Gasteiger partial charge >= 0.3 is 18.2 Å². The fourth-order valence-corrected chi connectivity index (χ4v) is 3.21. The number of nitrogens with zero attached hydrogens (tertiary/aromatic N) is 2. The predicted octanol–water partition coefficient (Wildman–Crippen LogP) is 4.31. The molecule has 0 radical (unpaired) electrons. The van der Waals surface area contributed by atoms with Crippen LogP contribution in [0.2, 0.25) is 0 Å². The second-order valence-corrected chi connectivity index (χ2v) is 10.7. The van der Waals surface area contributed by atoms with Crippen molar-refractivity contribution in [2.75, 3.05) is 13.1 Å². The van der Waals surface area contributed by atoms with Crippen LogP contribution in [0.1, 0.15) is 72.8 Å². The molecule has 0 saturated heterocycles. The monoisotopic (exact) mass is 519 g/mol. The Balaban J connectivity index is 2.76. The van der Waals surface area contributed by atoms with E-state index in [0.717, 1.165) is 5.56 Å². The van der Waals surface area contributed by atoms with Gasteiger partial charge in [-0.25, -0.2) is 14.4 Å². The van der Waals surface area contributed by atoms with Crippen molar-refractivity contribution < 1.29 is 33.7 Å². The summed E-state index contributed by atoms with van der Waals surface area (Å²) in [5.41, 5.74) is -0.643. The van der Waals surface area contributed by atoms with Crippen molar-refractivity contribution in [3.8, 4) is 6.07 Å². The smallest absolute Gasteiger partial charge is 0.410 e. The summed E-state index contributed by atoms with van der Waals surface area (Å²) in [5.74, 6) is -0.582. The number of rotatable bonds is 12. The molecule has 0 aliphatic carbocycles. The second-order valence-electron chi connectivity index (χ2n) is 10.7. The van der Waals surface area contributed by atoms with Crippen molar-refractivity contribution in [1.82, 2.24) is 10.2 Å². The summed E-state index contributed by atoms with van der Waals surface area (Å²) < 4.78 is 16.1. The van der Waals surface area contributed by atoms with Gasteiger partial charge in [-0.2, -0.15) is 5.26 Å². The molecule has 0 heterocycles. The summed E-state index contributed by atoms with van der Waals surface area (Å²) in [7, 11) is 0. The fraction of sp³-hybridized carbons (Fsp3) is 0.630. The van der Waals surface area contributed by atoms with E-state index in [9.17, 15) is 19.5 Å². The minimum atomic E-state index is -1.02. The van der Waals surface area contributed by atoms with Crippen molar-refractivity contribution >= 4 is 18.2 Å². The molecule has 2 amide bonds. The summed E-state index contributed by atoms with van der Waals surface area (Å²) in [4.78, 5) is 39.0. The Kier molecular flexibility index (Phi) is 12.9. The van der Waals surface area contributed by atoms with E-state index in [1.165, 1.54) is 4.90 Å². The highest BCUT2D eigenvalue weighted by atomic mass is 16.6. The third-order valence-corrected chi connectivity index (χ3v) is 4.77. The van der Waals surface area contributed by atoms with Gasteiger partial charge in [0.15, 0.2) is 0 Å². The summed E-state index contributed by atoms with van der Waals surface area (Å²) in [6.45, 7) is 10.6. The summed E-state index contributed by atoms with van der Waals surface area (Å²) >= 11 is 0. The summed E-state index contributed by atoms with van der Waals surface area (Å²) in [5, 5.41) is 21.5. The quantitative estimate of drug-likeness (QED) is 0.237. The zero-order chi connectivity index (χ0) is 28.1. The van der Waals surface area contributed by atoms with Crippen LogP contribution < -0.4 is 5.32 Å². The molecule has 0 aliphatic rings. The maximum Gasteiger partial charge on any atom is 0.410 e. The first kappa shape index (κ1) is 31.7. The van der Waals surface area contributed by atoms with Gasteiger partial charge in [0.25, 0.3) is 0 Å². The Morgan fingerprint density at radius 3 is 2.22 bits per heavy atom. The number of nitriles is 1. The molecule has 0 saturated carbocycles. The van der Waals surface area contributed by atoms with Gasteiger partial charge in [0.2, 0.25) is 0 Å². The Morgan fingerprint density at radius 2 is 1.65 bits per heavy atom. The highest BCUT2D eigenvalue weighted by Crippen LogP contribution is 2.14. The topological polar surface area (TPSA) is 138 Å². The fourth-order valence-electron chi connectivity index (χ4n) is 3.21. The zero-order valence-electron chi connectivity index (χ0n) is 22.8. The first-order valence-electron chi connectivity index (χ1n) is 12.4. The molecule has 0 aliphatic heterocycles. The van der Waals surface area contributed by atoms with Crippen molar-refractivity contribution in [3.63, 3.8) is 0 Å². The Labute approximate surface area is 219 Å². The third-order valence-electron chi connectivity index (χ3n) is 4.77. The zero-order valence-corrected chi connectivity index (χ0v) is 22.8. The van der Waals surface area contributed by atoms with Gasteiger partial charge in [-0.3, -0.25) is 0 Å². The average molecular weight is 520 g/mol. The molecule has 206 valence electrons. The van der Waals surface area contributed by atoms with Crippen LogP contribution in [0.4, 0.5) is 9.59 Å². The van der Waals surface area contributed by atoms with E-state index in [2.05, 4.69) is 5.32 Å². The molecule has 2 N–H and O–H groups in total. The van der Waals surface area contributed by atoms with Crippen LogP contribution >= 0.6 is 0 Å². The molecule has 0 bridgehead atoms. The van der Waals surface area contributed by atoms with Gasteiger partial charge in [0.05, 0.1) is 25.1 Å². The highest BCUT2D eigenvalue weighted by molar-refractivity contribution is 5.81. The normalized spacial score (nSPS) is 13.0. The number of unbranched alkanes of at least 4 members (excludes halogenated alkanes) is 1. The predicted molar refractivity (Wildman–Crippen MR) is 137 cm³/mol. The number of nitrogens with one attached hydrogen (secondary N) is 1. The van der Waals surface area contributed by atoms with Crippen molar-refractivity contribution in [1.29, 1.82) is 5.26 Å². The molecular weight excluding hydrogens is 478 g/mol. The van der Waals surface area contributed by atoms with Crippen molar-refractivity contribution in [2.24, 2.45) is 0 Å². The molecular formula is C27H41N3O7. The number of esters is 1. The largest absolute Gasteiger partial charge is 0.458 e. The molecule has 1 aromatic rings. The van der Waals surface area contributed by atoms with Crippen LogP contribution in [-0.4, -0.2) is 64.6 Å². The molecule has 0 aromatic heterocycles. The van der Waals surface area contributed by atoms with E-state index >= 15 is 0 Å². The minimum absolute atomic E-state index is 0.0627. The lowest BCUT2D eigenvalue weighted by molar-refractivity contribution is -0.157. The van der Waals surface area contributed by atoms with Crippen LogP contribution in [0.5, 0.6) is 0 Å². The van der Waals surface area contributed by atoms with E-state index in [1.54, 1.807) is 41.5 Å². The lowest BCUT2D eigenvalue weighted by Gasteiger charge is -2.27. The van der Waals surface area contributed by atoms with Crippen LogP contribution in [0, 0.1) is 11.3 Å². The molecule has 2 atom stereocenters. The molecule has 0 spiro atoms. The first-order valence-corrected chi connectivity index (χ1v) is 12.4. The standard InChI is InChI=1S/C27H41N3O7/c1-26(2,3)36-23(32)22(29-24(33)37-27(4,5)6)14-10-11-17-30(18-21(31)15-16-28)25(34)35-19-20-12-8-7-9-13-20/h7-9,12-13,21-22,31H,10-11,14-15,17-19H2,1-6H3,(H,29,33)/t21-,22-/m0/s1. The molecule has 37 heavy (non-hydrogen) atoms. The first-order chi connectivity index (χ1) is 17.2. The molecule has 1 rings (SSSR count). The van der Waals surface area contributed by atoms with Crippen LogP contribution in [-0.2, 0) is 25.6 Å². The number of carbonyl (C=O) groups excluding carboxylic acids is 3. The number of benzene rings is 1. The number of alkyl carbamates (subject to hydrolysis) is 1. The number of ether oxygens (including phenoxy) is 3. The third kappa shape index (κ3) is 14.7. The number of hydrogen-bond acceptors (Lipinski definition) is 8. The summed E-state index contributed by atoms with van der Waals surface area (Å²) in [6.07, 6.45) is -1.32. The number of carbonyl (C=O) groups is 3. The van der Waals surface area contributed by atoms with Crippen molar-refractivity contribution in [3.05, 3.63) is 35.9 Å². The van der Waals surface area contributed by atoms with Gasteiger partial charge in [-0.1, -0.05) is 30.3 Å². The maximum atomic E-state index is 12.7. The number of amides is 2. The van der Waals surface area contributed by atoms with Crippen LogP contribution in [0.3, 0.4) is 0 Å². The van der Waals surface area contributed by atoms with E-state index in [4.69, 9.17) is 19.5 Å². The summed E-state index contributed by atoms with van der Waals surface area (Å²) in [6, 6.07) is 10.1. The lowest BCUT2D eigenvalue weighted by atomic mass is 10.1. The van der Waals surface area contributed by atoms with Crippen LogP contribution in [0.25, 0.3) is 0 Å². The Bertz CT molecular complexity index is 901. The number of hydrogen-bond donors (Lipinski definition) is 2. The molecule has 1 aromatic carbocycles. The van der Waals surface area contributed by atoms with Gasteiger partial charge in [-0.05, 0) is 66.4 Å². The molecule has 0 fully saturated rings. The Morgan fingerprint density at radius 1 is 1.03 bits per heavy atom. The Hall–Kier alpha value is -3.32. The SMILES string of the molecule is CC(C)(C)OC(=O)N[C@@H](CCCCN(C[C@@H](O)CC#N)C(=O)OCc1ccccc1)C(=O)OC(C)(C)C. The number of aliphatic hydroxyl groups is 1. The molecule has 10 heteroatoms. The highest BCUT2D eigenvalue weighted by Gasteiger charge is 2.28. The minimum Gasteiger partial charge on any atom is -0.458 e. The van der Waals surface area contributed by atoms with E-state index in [-0.39, 0.29) is 32.5 Å². The van der Waals surface area contributed by atoms with Gasteiger partial charge in [-0.15, -0.1) is 0 Å². The average Bonchev–Trinajstić information content (AvgIpc) is 2.77. The van der Waals surface area contributed by atoms with Gasteiger partial charge < -0.3 is 29.5 Å². The van der Waals surface area contributed by atoms with Crippen molar-refractivity contribution in [2.45, 2.75) is 97.2 Å². The second kappa shape index (κ2) is 15.1. The van der Waals surface area contributed by atoms with Crippen LogP contribution in [0.15, 0.2) is 30.3 Å². The van der Waals surface area contributed by atoms with Gasteiger partial charge in [0, 0.05) is 6.54 Å². The van der Waals surface area contributed by atoms with E-state index in [1.807, 2.05) is 36.4 Å². The molecule has 0 unspecified atom stereocenters. The lowest BCUT2D eigenvalue weighted by Crippen LogP contribution is -2.46. The van der Waals surface area contributed by atoms with Gasteiger partial charge in [0.1, 0.15) is 23.9 Å². The van der Waals surface area contributed by atoms with E-state index < -0.39 is 41.5 Å². The maximum absolute atomic E-state index is 12.7.